The fourth-order valence-electron chi connectivity index (χ4n) is 5.49. The second-order valence-corrected chi connectivity index (χ2v) is 10.5. The van der Waals surface area contributed by atoms with Gasteiger partial charge in [-0.05, 0) is 69.8 Å². The first-order chi connectivity index (χ1) is 18.8. The molecular weight excluding hydrogens is 526 g/mol. The van der Waals surface area contributed by atoms with E-state index in [2.05, 4.69) is 166 Å². The van der Waals surface area contributed by atoms with Crippen LogP contribution in [-0.2, 0) is 0 Å². The smallest absolute Gasteiger partial charge is 0.0547 e. The van der Waals surface area contributed by atoms with Crippen LogP contribution in [0.4, 0.5) is 0 Å². The van der Waals surface area contributed by atoms with Gasteiger partial charge in [0.15, 0.2) is 0 Å². The van der Waals surface area contributed by atoms with Gasteiger partial charge in [-0.1, -0.05) is 125 Å². The zero-order chi connectivity index (χ0) is 25.5. The van der Waals surface area contributed by atoms with Gasteiger partial charge in [-0.2, -0.15) is 0 Å². The van der Waals surface area contributed by atoms with Crippen molar-refractivity contribution < 1.29 is 0 Å². The molecule has 0 atom stereocenters. The number of hydrogen-bond acceptors (Lipinski definition) is 0. The van der Waals surface area contributed by atoms with E-state index in [0.717, 1.165) is 10.2 Å². The normalized spacial score (nSPS) is 11.3. The third kappa shape index (κ3) is 3.95. The van der Waals surface area contributed by atoms with Crippen LogP contribution < -0.4 is 0 Å². The van der Waals surface area contributed by atoms with Gasteiger partial charge in [0, 0.05) is 20.9 Å². The van der Waals surface area contributed by atoms with Crippen LogP contribution >= 0.6 is 15.9 Å². The van der Waals surface area contributed by atoms with Gasteiger partial charge in [-0.3, -0.25) is 0 Å². The highest BCUT2D eigenvalue weighted by Crippen LogP contribution is 2.38. The summed E-state index contributed by atoms with van der Waals surface area (Å²) in [6.07, 6.45) is 0. The third-order valence-electron chi connectivity index (χ3n) is 7.28. The molecule has 7 rings (SSSR count). The summed E-state index contributed by atoms with van der Waals surface area (Å²) in [5.41, 5.74) is 10.9. The molecule has 0 radical (unpaired) electrons. The Labute approximate surface area is 230 Å². The van der Waals surface area contributed by atoms with Crippen molar-refractivity contribution in [2.24, 2.45) is 0 Å². The molecule has 6 aromatic carbocycles. The topological polar surface area (TPSA) is 4.93 Å². The Hall–Kier alpha value is -4.40. The number of nitrogens with zero attached hydrogens (tertiary/aromatic N) is 1. The van der Waals surface area contributed by atoms with Crippen LogP contribution in [0.5, 0.6) is 0 Å². The van der Waals surface area contributed by atoms with Gasteiger partial charge in [-0.25, -0.2) is 0 Å². The summed E-state index contributed by atoms with van der Waals surface area (Å²) in [4.78, 5) is 0. The van der Waals surface area contributed by atoms with E-state index in [4.69, 9.17) is 0 Å². The lowest BCUT2D eigenvalue weighted by molar-refractivity contribution is 1.18. The number of hydrogen-bond donors (Lipinski definition) is 0. The average molecular weight is 550 g/mol. The average Bonchev–Trinajstić information content (AvgIpc) is 3.32. The molecule has 0 fully saturated rings. The highest BCUT2D eigenvalue weighted by Gasteiger charge is 2.15. The summed E-state index contributed by atoms with van der Waals surface area (Å²) < 4.78 is 3.49. The summed E-state index contributed by atoms with van der Waals surface area (Å²) in [7, 11) is 0. The lowest BCUT2D eigenvalue weighted by Crippen LogP contribution is -1.94. The summed E-state index contributed by atoms with van der Waals surface area (Å²) in [6.45, 7) is 0. The molecule has 0 aliphatic rings. The van der Waals surface area contributed by atoms with E-state index in [0.29, 0.717) is 0 Å². The zero-order valence-electron chi connectivity index (χ0n) is 20.7. The van der Waals surface area contributed by atoms with Crippen molar-refractivity contribution in [2.75, 3.05) is 0 Å². The lowest BCUT2D eigenvalue weighted by Gasteiger charge is -2.13. The highest BCUT2D eigenvalue weighted by molar-refractivity contribution is 9.10. The molecule has 1 nitrogen and oxygen atoms in total. The first-order valence-corrected chi connectivity index (χ1v) is 13.6. The van der Waals surface area contributed by atoms with E-state index in [-0.39, 0.29) is 0 Å². The monoisotopic (exact) mass is 549 g/mol. The van der Waals surface area contributed by atoms with Gasteiger partial charge in [0.05, 0.1) is 11.0 Å². The minimum atomic E-state index is 1.09. The van der Waals surface area contributed by atoms with Crippen molar-refractivity contribution in [3.05, 3.63) is 150 Å². The maximum Gasteiger partial charge on any atom is 0.0547 e. The maximum absolute atomic E-state index is 3.57. The predicted octanol–water partition coefficient (Wildman–Crippen LogP) is 10.5. The quantitative estimate of drug-likeness (QED) is 0.205. The minimum absolute atomic E-state index is 1.09. The van der Waals surface area contributed by atoms with E-state index in [9.17, 15) is 0 Å². The van der Waals surface area contributed by atoms with E-state index in [1.165, 1.54) is 55.2 Å². The number of para-hydroxylation sites is 1. The fraction of sp³-hybridized carbons (Fsp3) is 0. The van der Waals surface area contributed by atoms with Gasteiger partial charge in [0.25, 0.3) is 0 Å². The molecule has 0 spiro atoms. The molecule has 0 aliphatic heterocycles. The lowest BCUT2D eigenvalue weighted by atomic mass is 9.94. The number of fused-ring (bicyclic) bond motifs is 3. The molecule has 38 heavy (non-hydrogen) atoms. The van der Waals surface area contributed by atoms with Crippen molar-refractivity contribution in [3.8, 4) is 39.1 Å². The Morgan fingerprint density at radius 3 is 1.84 bits per heavy atom. The molecule has 7 aromatic rings. The number of rotatable bonds is 4. The SMILES string of the molecule is Brc1ccc(-c2ccccc2-c2ccc3c4ccccc4n(-c4cccc(-c5ccccc5)c4)c3c2)cc1. The highest BCUT2D eigenvalue weighted by atomic mass is 79.9. The van der Waals surface area contributed by atoms with E-state index in [1.54, 1.807) is 0 Å². The van der Waals surface area contributed by atoms with E-state index in [1.807, 2.05) is 0 Å². The zero-order valence-corrected chi connectivity index (χ0v) is 22.3. The summed E-state index contributed by atoms with van der Waals surface area (Å²) >= 11 is 3.57. The molecule has 2 heteroatoms. The minimum Gasteiger partial charge on any atom is -0.309 e. The molecule has 0 amide bonds. The molecule has 0 saturated heterocycles. The Morgan fingerprint density at radius 1 is 0.395 bits per heavy atom. The first kappa shape index (κ1) is 22.8. The number of halogens is 1. The maximum atomic E-state index is 3.57. The van der Waals surface area contributed by atoms with Gasteiger partial charge in [0.1, 0.15) is 0 Å². The largest absolute Gasteiger partial charge is 0.309 e. The first-order valence-electron chi connectivity index (χ1n) is 12.8. The summed E-state index contributed by atoms with van der Waals surface area (Å²) in [5, 5.41) is 2.52. The van der Waals surface area contributed by atoms with Crippen LogP contribution in [0, 0.1) is 0 Å². The summed E-state index contributed by atoms with van der Waals surface area (Å²) in [6, 6.07) is 52.3. The Morgan fingerprint density at radius 2 is 1.03 bits per heavy atom. The van der Waals surface area contributed by atoms with Crippen LogP contribution in [0.15, 0.2) is 150 Å². The molecule has 1 aromatic heterocycles. The van der Waals surface area contributed by atoms with Gasteiger partial charge in [0.2, 0.25) is 0 Å². The third-order valence-corrected chi connectivity index (χ3v) is 7.81. The fourth-order valence-corrected chi connectivity index (χ4v) is 5.75. The molecule has 180 valence electrons. The van der Waals surface area contributed by atoms with E-state index >= 15 is 0 Å². The van der Waals surface area contributed by atoms with Crippen molar-refractivity contribution in [1.29, 1.82) is 0 Å². The number of benzene rings is 6. The second kappa shape index (κ2) is 9.48. The van der Waals surface area contributed by atoms with Crippen molar-refractivity contribution in [1.82, 2.24) is 4.57 Å². The molecule has 0 aliphatic carbocycles. The van der Waals surface area contributed by atoms with Crippen molar-refractivity contribution >= 4 is 37.7 Å². The molecule has 1 heterocycles. The molecule has 0 N–H and O–H groups in total. The van der Waals surface area contributed by atoms with Gasteiger partial charge >= 0.3 is 0 Å². The molecule has 0 unspecified atom stereocenters. The molecular formula is C36H24BrN. The van der Waals surface area contributed by atoms with Crippen LogP contribution in [0.25, 0.3) is 60.9 Å². The van der Waals surface area contributed by atoms with Gasteiger partial charge in [-0.15, -0.1) is 0 Å². The standard InChI is InChI=1S/C36H24BrN/c37-29-20-17-26(18-21-29)31-13-4-5-14-32(31)28-19-22-34-33-15-6-7-16-35(33)38(36(34)24-28)30-12-8-11-27(23-30)25-9-2-1-3-10-25/h1-24H. The van der Waals surface area contributed by atoms with E-state index < -0.39 is 0 Å². The predicted molar refractivity (Wildman–Crippen MR) is 165 cm³/mol. The molecule has 0 bridgehead atoms. The van der Waals surface area contributed by atoms with Crippen LogP contribution in [-0.4, -0.2) is 4.57 Å². The summed E-state index contributed by atoms with van der Waals surface area (Å²) in [5.74, 6) is 0. The van der Waals surface area contributed by atoms with Crippen LogP contribution in [0.1, 0.15) is 0 Å². The molecule has 0 saturated carbocycles. The van der Waals surface area contributed by atoms with Crippen LogP contribution in [0.2, 0.25) is 0 Å². The Balaban J connectivity index is 1.46. The van der Waals surface area contributed by atoms with Crippen molar-refractivity contribution in [2.45, 2.75) is 0 Å². The second-order valence-electron chi connectivity index (χ2n) is 9.55. The van der Waals surface area contributed by atoms with Crippen molar-refractivity contribution in [3.63, 3.8) is 0 Å². The Bertz CT molecular complexity index is 1910. The van der Waals surface area contributed by atoms with Gasteiger partial charge < -0.3 is 4.57 Å². The number of aromatic nitrogens is 1. The van der Waals surface area contributed by atoms with Crippen LogP contribution in [0.3, 0.4) is 0 Å². The Kier molecular flexibility index (Phi) is 5.68.